The predicted molar refractivity (Wildman–Crippen MR) is 83.7 cm³/mol. The van der Waals surface area contributed by atoms with Gasteiger partial charge in [0.15, 0.2) is 0 Å². The van der Waals surface area contributed by atoms with Crippen LogP contribution in [0.1, 0.15) is 64.0 Å². The Morgan fingerprint density at radius 1 is 1.21 bits per heavy atom. The maximum atomic E-state index is 6.26. The lowest BCUT2D eigenvalue weighted by Gasteiger charge is -2.31. The molecular weight excluding hydrogens is 254 g/mol. The van der Waals surface area contributed by atoms with Crippen LogP contribution in [0.25, 0.3) is 0 Å². The quantitative estimate of drug-likeness (QED) is 0.766. The molecule has 1 aliphatic carbocycles. The van der Waals surface area contributed by atoms with Gasteiger partial charge in [0, 0.05) is 17.1 Å². The first-order chi connectivity index (χ1) is 9.20. The average molecular weight is 280 g/mol. The highest BCUT2D eigenvalue weighted by atomic mass is 35.5. The molecule has 106 valence electrons. The van der Waals surface area contributed by atoms with Gasteiger partial charge in [0.25, 0.3) is 0 Å². The van der Waals surface area contributed by atoms with Gasteiger partial charge in [-0.1, -0.05) is 49.6 Å². The van der Waals surface area contributed by atoms with E-state index in [1.165, 1.54) is 44.1 Å². The summed E-state index contributed by atoms with van der Waals surface area (Å²) >= 11 is 6.26. The van der Waals surface area contributed by atoms with Crippen molar-refractivity contribution in [2.45, 2.75) is 64.5 Å². The summed E-state index contributed by atoms with van der Waals surface area (Å²) in [5.74, 6) is 0.971. The number of halogens is 1. The molecule has 0 heterocycles. The number of rotatable bonds is 5. The summed E-state index contributed by atoms with van der Waals surface area (Å²) in [5, 5.41) is 4.63. The van der Waals surface area contributed by atoms with Crippen LogP contribution < -0.4 is 5.32 Å². The van der Waals surface area contributed by atoms with Crippen LogP contribution in [-0.4, -0.2) is 6.04 Å². The molecule has 0 bridgehead atoms. The fourth-order valence-corrected chi connectivity index (χ4v) is 3.60. The smallest absolute Gasteiger partial charge is 0.0453 e. The minimum absolute atomic E-state index is 0.349. The fourth-order valence-electron chi connectivity index (χ4n) is 3.30. The summed E-state index contributed by atoms with van der Waals surface area (Å²) in [7, 11) is 0. The van der Waals surface area contributed by atoms with E-state index in [9.17, 15) is 0 Å². The third-order valence-corrected chi connectivity index (χ3v) is 4.75. The van der Waals surface area contributed by atoms with Gasteiger partial charge in [-0.3, -0.25) is 0 Å². The van der Waals surface area contributed by atoms with Gasteiger partial charge in [-0.25, -0.2) is 0 Å². The molecule has 1 saturated carbocycles. The molecule has 1 N–H and O–H groups in total. The number of benzene rings is 1. The van der Waals surface area contributed by atoms with Crippen LogP contribution >= 0.6 is 11.6 Å². The first-order valence-electron chi connectivity index (χ1n) is 7.71. The summed E-state index contributed by atoms with van der Waals surface area (Å²) in [6, 6.07) is 9.18. The SMILES string of the molecule is CCCC1CCC(N[C@H](C)c2ccccc2Cl)CC1. The molecule has 1 aromatic carbocycles. The molecule has 19 heavy (non-hydrogen) atoms. The largest absolute Gasteiger partial charge is 0.307 e. The van der Waals surface area contributed by atoms with Crippen LogP contribution in [0, 0.1) is 5.92 Å². The maximum absolute atomic E-state index is 6.26. The molecule has 1 atom stereocenters. The molecule has 0 aromatic heterocycles. The minimum Gasteiger partial charge on any atom is -0.307 e. The van der Waals surface area contributed by atoms with Crippen LogP contribution in [0.3, 0.4) is 0 Å². The van der Waals surface area contributed by atoms with Gasteiger partial charge in [-0.15, -0.1) is 0 Å². The van der Waals surface area contributed by atoms with E-state index in [4.69, 9.17) is 11.6 Å². The highest BCUT2D eigenvalue weighted by molar-refractivity contribution is 6.31. The second-order valence-electron chi connectivity index (χ2n) is 5.92. The van der Waals surface area contributed by atoms with Crippen molar-refractivity contribution in [3.63, 3.8) is 0 Å². The third kappa shape index (κ3) is 4.22. The molecule has 1 aromatic rings. The second kappa shape index (κ2) is 7.31. The Morgan fingerprint density at radius 2 is 1.89 bits per heavy atom. The molecule has 2 heteroatoms. The van der Waals surface area contributed by atoms with E-state index in [1.54, 1.807) is 0 Å². The number of hydrogen-bond acceptors (Lipinski definition) is 1. The Morgan fingerprint density at radius 3 is 2.53 bits per heavy atom. The summed E-state index contributed by atoms with van der Waals surface area (Å²) in [4.78, 5) is 0. The summed E-state index contributed by atoms with van der Waals surface area (Å²) in [5.41, 5.74) is 1.22. The van der Waals surface area contributed by atoms with E-state index in [0.717, 1.165) is 10.9 Å². The van der Waals surface area contributed by atoms with Crippen molar-refractivity contribution < 1.29 is 0 Å². The predicted octanol–water partition coefficient (Wildman–Crippen LogP) is 5.35. The Balaban J connectivity index is 1.84. The van der Waals surface area contributed by atoms with Crippen molar-refractivity contribution in [2.75, 3.05) is 0 Å². The molecule has 0 aliphatic heterocycles. The number of nitrogens with one attached hydrogen (secondary N) is 1. The molecule has 2 rings (SSSR count). The van der Waals surface area contributed by atoms with Crippen molar-refractivity contribution >= 4 is 11.6 Å². The van der Waals surface area contributed by atoms with E-state index in [-0.39, 0.29) is 0 Å². The molecule has 1 nitrogen and oxygen atoms in total. The van der Waals surface area contributed by atoms with Crippen LogP contribution in [-0.2, 0) is 0 Å². The first-order valence-corrected chi connectivity index (χ1v) is 8.09. The van der Waals surface area contributed by atoms with Gasteiger partial charge < -0.3 is 5.32 Å². The van der Waals surface area contributed by atoms with Crippen molar-refractivity contribution in [3.8, 4) is 0 Å². The topological polar surface area (TPSA) is 12.0 Å². The molecular formula is C17H26ClN. The van der Waals surface area contributed by atoms with E-state index < -0.39 is 0 Å². The van der Waals surface area contributed by atoms with Gasteiger partial charge in [0.2, 0.25) is 0 Å². The lowest BCUT2D eigenvalue weighted by molar-refractivity contribution is 0.266. The maximum Gasteiger partial charge on any atom is 0.0453 e. The monoisotopic (exact) mass is 279 g/mol. The molecule has 0 saturated heterocycles. The van der Waals surface area contributed by atoms with E-state index in [0.29, 0.717) is 12.1 Å². The van der Waals surface area contributed by atoms with Gasteiger partial charge in [0.05, 0.1) is 0 Å². The Bertz CT molecular complexity index is 383. The standard InChI is InChI=1S/C17H26ClN/c1-3-6-14-9-11-15(12-10-14)19-13(2)16-7-4-5-8-17(16)18/h4-5,7-8,13-15,19H,3,6,9-12H2,1-2H3/t13-,14?,15?/m1/s1. The van der Waals surface area contributed by atoms with Gasteiger partial charge in [-0.05, 0) is 50.2 Å². The average Bonchev–Trinajstić information content (AvgIpc) is 2.42. The Labute approximate surface area is 122 Å². The molecule has 1 aliphatic rings. The highest BCUT2D eigenvalue weighted by Gasteiger charge is 2.22. The van der Waals surface area contributed by atoms with Crippen LogP contribution in [0.5, 0.6) is 0 Å². The van der Waals surface area contributed by atoms with Crippen LogP contribution in [0.15, 0.2) is 24.3 Å². The lowest BCUT2D eigenvalue weighted by atomic mass is 9.83. The molecule has 1 fully saturated rings. The first kappa shape index (κ1) is 14.9. The highest BCUT2D eigenvalue weighted by Crippen LogP contribution is 2.30. The second-order valence-corrected chi connectivity index (χ2v) is 6.32. The van der Waals surface area contributed by atoms with Crippen LogP contribution in [0.4, 0.5) is 0 Å². The normalized spacial score (nSPS) is 25.2. The van der Waals surface area contributed by atoms with Crippen molar-refractivity contribution in [2.24, 2.45) is 5.92 Å². The summed E-state index contributed by atoms with van der Waals surface area (Å²) in [6.07, 6.45) is 8.16. The lowest BCUT2D eigenvalue weighted by Crippen LogP contribution is -2.35. The fraction of sp³-hybridized carbons (Fsp3) is 0.647. The molecule has 0 amide bonds. The van der Waals surface area contributed by atoms with Crippen molar-refractivity contribution in [1.82, 2.24) is 5.32 Å². The summed E-state index contributed by atoms with van der Waals surface area (Å²) < 4.78 is 0. The van der Waals surface area contributed by atoms with E-state index in [2.05, 4.69) is 31.3 Å². The van der Waals surface area contributed by atoms with E-state index in [1.807, 2.05) is 12.1 Å². The van der Waals surface area contributed by atoms with Crippen molar-refractivity contribution in [1.29, 1.82) is 0 Å². The summed E-state index contributed by atoms with van der Waals surface area (Å²) in [6.45, 7) is 4.52. The van der Waals surface area contributed by atoms with Gasteiger partial charge in [0.1, 0.15) is 0 Å². The molecule has 0 spiro atoms. The molecule has 0 unspecified atom stereocenters. The minimum atomic E-state index is 0.349. The van der Waals surface area contributed by atoms with E-state index >= 15 is 0 Å². The Kier molecular flexibility index (Phi) is 5.72. The zero-order valence-corrected chi connectivity index (χ0v) is 12.9. The zero-order chi connectivity index (χ0) is 13.7. The van der Waals surface area contributed by atoms with Crippen molar-refractivity contribution in [3.05, 3.63) is 34.9 Å². The van der Waals surface area contributed by atoms with Gasteiger partial charge in [-0.2, -0.15) is 0 Å². The zero-order valence-electron chi connectivity index (χ0n) is 12.2. The Hall–Kier alpha value is -0.530. The molecule has 0 radical (unpaired) electrons. The van der Waals surface area contributed by atoms with Gasteiger partial charge >= 0.3 is 0 Å². The van der Waals surface area contributed by atoms with Crippen LogP contribution in [0.2, 0.25) is 5.02 Å². The third-order valence-electron chi connectivity index (χ3n) is 4.40. The number of hydrogen-bond donors (Lipinski definition) is 1.